The summed E-state index contributed by atoms with van der Waals surface area (Å²) in [6.45, 7) is 0.844. The molecule has 70 valence electrons. The Hall–Kier alpha value is -0.860. The van der Waals surface area contributed by atoms with Crippen LogP contribution in [0.4, 0.5) is 0 Å². The number of aliphatic hydroxyl groups is 1. The van der Waals surface area contributed by atoms with Gasteiger partial charge in [0.2, 0.25) is 0 Å². The van der Waals surface area contributed by atoms with E-state index in [4.69, 9.17) is 10.8 Å². The highest BCUT2D eigenvalue weighted by molar-refractivity contribution is 5.34. The molecule has 2 rings (SSSR count). The van der Waals surface area contributed by atoms with Gasteiger partial charge in [0, 0.05) is 12.0 Å². The van der Waals surface area contributed by atoms with Crippen molar-refractivity contribution in [2.24, 2.45) is 5.73 Å². The molecule has 0 unspecified atom stereocenters. The maximum atomic E-state index is 8.99. The molecule has 2 heteroatoms. The van der Waals surface area contributed by atoms with Crippen LogP contribution in [0.3, 0.4) is 0 Å². The van der Waals surface area contributed by atoms with E-state index in [0.717, 1.165) is 12.1 Å². The van der Waals surface area contributed by atoms with Gasteiger partial charge >= 0.3 is 0 Å². The van der Waals surface area contributed by atoms with Crippen LogP contribution in [0, 0.1) is 0 Å². The van der Waals surface area contributed by atoms with E-state index < -0.39 is 0 Å². The van der Waals surface area contributed by atoms with Crippen LogP contribution in [-0.2, 0) is 12.0 Å². The topological polar surface area (TPSA) is 46.2 Å². The van der Waals surface area contributed by atoms with Gasteiger partial charge in [-0.15, -0.1) is 0 Å². The first kappa shape index (κ1) is 8.73. The van der Waals surface area contributed by atoms with Crippen LogP contribution < -0.4 is 5.73 Å². The molecule has 1 aromatic carbocycles. The monoisotopic (exact) mass is 177 g/mol. The van der Waals surface area contributed by atoms with Gasteiger partial charge in [0.05, 0.1) is 6.61 Å². The fourth-order valence-corrected chi connectivity index (χ4v) is 1.76. The Labute approximate surface area is 78.4 Å². The van der Waals surface area contributed by atoms with Gasteiger partial charge in [-0.05, 0) is 24.0 Å². The SMILES string of the molecule is NCC1(c2cccc(CO)c2)CC1. The van der Waals surface area contributed by atoms with Gasteiger partial charge in [-0.3, -0.25) is 0 Å². The molecular formula is C11H15NO. The van der Waals surface area contributed by atoms with Crippen LogP contribution in [-0.4, -0.2) is 11.7 Å². The van der Waals surface area contributed by atoms with Crippen molar-refractivity contribution in [3.8, 4) is 0 Å². The van der Waals surface area contributed by atoms with Gasteiger partial charge in [-0.2, -0.15) is 0 Å². The molecule has 0 radical (unpaired) electrons. The highest BCUT2D eigenvalue weighted by atomic mass is 16.3. The molecule has 2 nitrogen and oxygen atoms in total. The summed E-state index contributed by atoms with van der Waals surface area (Å²) in [7, 11) is 0. The summed E-state index contributed by atoms with van der Waals surface area (Å²) in [5.74, 6) is 0. The Bertz CT molecular complexity index is 305. The maximum absolute atomic E-state index is 8.99. The lowest BCUT2D eigenvalue weighted by atomic mass is 9.95. The van der Waals surface area contributed by atoms with E-state index in [2.05, 4.69) is 12.1 Å². The quantitative estimate of drug-likeness (QED) is 0.728. The smallest absolute Gasteiger partial charge is 0.0681 e. The highest BCUT2D eigenvalue weighted by Crippen LogP contribution is 2.47. The Morgan fingerprint density at radius 3 is 2.69 bits per heavy atom. The molecule has 3 N–H and O–H groups in total. The largest absolute Gasteiger partial charge is 0.392 e. The zero-order valence-corrected chi connectivity index (χ0v) is 7.66. The van der Waals surface area contributed by atoms with Crippen molar-refractivity contribution in [3.05, 3.63) is 35.4 Å². The molecule has 0 spiro atoms. The summed E-state index contributed by atoms with van der Waals surface area (Å²) >= 11 is 0. The minimum absolute atomic E-state index is 0.120. The first-order chi connectivity index (χ1) is 6.30. The molecule has 0 heterocycles. The molecule has 1 aromatic rings. The van der Waals surface area contributed by atoms with E-state index >= 15 is 0 Å². The summed E-state index contributed by atoms with van der Waals surface area (Å²) < 4.78 is 0. The van der Waals surface area contributed by atoms with Crippen molar-refractivity contribution < 1.29 is 5.11 Å². The average Bonchev–Trinajstić information content (AvgIpc) is 2.99. The second-order valence-electron chi connectivity index (χ2n) is 3.84. The maximum Gasteiger partial charge on any atom is 0.0681 e. The van der Waals surface area contributed by atoms with E-state index in [9.17, 15) is 0 Å². The van der Waals surface area contributed by atoms with Gasteiger partial charge in [0.15, 0.2) is 0 Å². The van der Waals surface area contributed by atoms with E-state index in [0.29, 0.717) is 0 Å². The molecule has 0 aromatic heterocycles. The number of hydrogen-bond acceptors (Lipinski definition) is 2. The zero-order chi connectivity index (χ0) is 9.31. The Balaban J connectivity index is 2.30. The second kappa shape index (κ2) is 3.13. The molecule has 0 amide bonds. The van der Waals surface area contributed by atoms with Crippen molar-refractivity contribution in [2.45, 2.75) is 24.9 Å². The molecule has 0 saturated heterocycles. The lowest BCUT2D eigenvalue weighted by molar-refractivity contribution is 0.281. The van der Waals surface area contributed by atoms with Crippen LogP contribution in [0.25, 0.3) is 0 Å². The fourth-order valence-electron chi connectivity index (χ4n) is 1.76. The van der Waals surface area contributed by atoms with Crippen molar-refractivity contribution in [3.63, 3.8) is 0 Å². The third-order valence-electron chi connectivity index (χ3n) is 2.97. The predicted octanol–water partition coefficient (Wildman–Crippen LogP) is 1.17. The van der Waals surface area contributed by atoms with Crippen LogP contribution >= 0.6 is 0 Å². The Morgan fingerprint density at radius 2 is 2.15 bits per heavy atom. The molecule has 0 atom stereocenters. The van der Waals surface area contributed by atoms with E-state index in [1.165, 1.54) is 18.4 Å². The third kappa shape index (κ3) is 1.47. The summed E-state index contributed by atoms with van der Waals surface area (Å²) in [4.78, 5) is 0. The molecule has 1 saturated carbocycles. The molecule has 1 aliphatic rings. The normalized spacial score (nSPS) is 18.6. The molecule has 13 heavy (non-hydrogen) atoms. The van der Waals surface area contributed by atoms with Crippen molar-refractivity contribution in [1.29, 1.82) is 0 Å². The lowest BCUT2D eigenvalue weighted by Gasteiger charge is -2.13. The first-order valence-electron chi connectivity index (χ1n) is 4.71. The lowest BCUT2D eigenvalue weighted by Crippen LogP contribution is -2.19. The second-order valence-corrected chi connectivity index (χ2v) is 3.84. The summed E-state index contributed by atoms with van der Waals surface area (Å²) in [6.07, 6.45) is 2.39. The molecule has 0 bridgehead atoms. The number of nitrogens with two attached hydrogens (primary N) is 1. The average molecular weight is 177 g/mol. The summed E-state index contributed by atoms with van der Waals surface area (Å²) in [6, 6.07) is 8.12. The summed E-state index contributed by atoms with van der Waals surface area (Å²) in [5.41, 5.74) is 8.25. The number of aliphatic hydroxyl groups excluding tert-OH is 1. The van der Waals surface area contributed by atoms with Gasteiger partial charge in [-0.25, -0.2) is 0 Å². The standard InChI is InChI=1S/C11H15NO/c12-8-11(4-5-11)10-3-1-2-9(6-10)7-13/h1-3,6,13H,4-5,7-8,12H2. The number of hydrogen-bond donors (Lipinski definition) is 2. The van der Waals surface area contributed by atoms with Crippen molar-refractivity contribution in [2.75, 3.05) is 6.54 Å². The first-order valence-corrected chi connectivity index (χ1v) is 4.71. The summed E-state index contributed by atoms with van der Waals surface area (Å²) in [5, 5.41) is 8.99. The van der Waals surface area contributed by atoms with E-state index in [1.807, 2.05) is 12.1 Å². The number of benzene rings is 1. The fraction of sp³-hybridized carbons (Fsp3) is 0.455. The Kier molecular flexibility index (Phi) is 2.10. The third-order valence-corrected chi connectivity index (χ3v) is 2.97. The van der Waals surface area contributed by atoms with Gasteiger partial charge in [-0.1, -0.05) is 24.3 Å². The van der Waals surface area contributed by atoms with E-state index in [1.54, 1.807) is 0 Å². The minimum atomic E-state index is 0.120. The molecule has 1 fully saturated rings. The molecular weight excluding hydrogens is 162 g/mol. The van der Waals surface area contributed by atoms with Crippen LogP contribution in [0.5, 0.6) is 0 Å². The minimum Gasteiger partial charge on any atom is -0.392 e. The zero-order valence-electron chi connectivity index (χ0n) is 7.66. The predicted molar refractivity (Wildman–Crippen MR) is 52.3 cm³/mol. The van der Waals surface area contributed by atoms with Crippen LogP contribution in [0.2, 0.25) is 0 Å². The molecule has 0 aliphatic heterocycles. The Morgan fingerprint density at radius 1 is 1.38 bits per heavy atom. The van der Waals surface area contributed by atoms with Gasteiger partial charge < -0.3 is 10.8 Å². The van der Waals surface area contributed by atoms with Gasteiger partial charge in [0.1, 0.15) is 0 Å². The highest BCUT2D eigenvalue weighted by Gasteiger charge is 2.42. The van der Waals surface area contributed by atoms with Crippen LogP contribution in [0.1, 0.15) is 24.0 Å². The number of rotatable bonds is 3. The van der Waals surface area contributed by atoms with Gasteiger partial charge in [0.25, 0.3) is 0 Å². The molecule has 1 aliphatic carbocycles. The van der Waals surface area contributed by atoms with E-state index in [-0.39, 0.29) is 12.0 Å². The van der Waals surface area contributed by atoms with Crippen molar-refractivity contribution in [1.82, 2.24) is 0 Å². The van der Waals surface area contributed by atoms with Crippen molar-refractivity contribution >= 4 is 0 Å². The van der Waals surface area contributed by atoms with Crippen LogP contribution in [0.15, 0.2) is 24.3 Å².